The number of aliphatic hydroxyl groups is 1. The molecule has 0 aromatic heterocycles. The lowest BCUT2D eigenvalue weighted by atomic mass is 10.1. The molecule has 0 radical (unpaired) electrons. The Bertz CT molecular complexity index is 649. The smallest absolute Gasteiger partial charge is 0.253 e. The zero-order valence-electron chi connectivity index (χ0n) is 18.5. The van der Waals surface area contributed by atoms with Crippen LogP contribution < -0.4 is 4.74 Å². The maximum atomic E-state index is 13.1. The van der Waals surface area contributed by atoms with Gasteiger partial charge in [-0.15, -0.1) is 6.58 Å². The SMILES string of the molecule is C=CCOCC(O)CN1CCOC(CN(CC(C)C)C(=O)c2ccc(OC)cc2)C1. The Labute approximate surface area is 180 Å². The van der Waals surface area contributed by atoms with Crippen molar-refractivity contribution < 1.29 is 24.1 Å². The average Bonchev–Trinajstić information content (AvgIpc) is 2.73. The fraction of sp³-hybridized carbons (Fsp3) is 0.609. The molecule has 168 valence electrons. The minimum atomic E-state index is -0.559. The van der Waals surface area contributed by atoms with Gasteiger partial charge < -0.3 is 24.2 Å². The molecule has 1 aliphatic heterocycles. The molecule has 1 N–H and O–H groups in total. The quantitative estimate of drug-likeness (QED) is 0.412. The summed E-state index contributed by atoms with van der Waals surface area (Å²) in [4.78, 5) is 17.1. The normalized spacial score (nSPS) is 18.2. The summed E-state index contributed by atoms with van der Waals surface area (Å²) in [7, 11) is 1.61. The molecule has 1 aliphatic rings. The first-order valence-corrected chi connectivity index (χ1v) is 10.6. The first-order valence-electron chi connectivity index (χ1n) is 10.6. The van der Waals surface area contributed by atoms with E-state index >= 15 is 0 Å². The van der Waals surface area contributed by atoms with Gasteiger partial charge in [0.05, 0.1) is 39.1 Å². The zero-order chi connectivity index (χ0) is 21.9. The summed E-state index contributed by atoms with van der Waals surface area (Å²) in [6.45, 7) is 12.2. The third-order valence-electron chi connectivity index (χ3n) is 4.87. The van der Waals surface area contributed by atoms with E-state index in [1.54, 1.807) is 37.5 Å². The second-order valence-corrected chi connectivity index (χ2v) is 8.06. The third kappa shape index (κ3) is 8.07. The molecule has 7 heteroatoms. The topological polar surface area (TPSA) is 71.5 Å². The first kappa shape index (κ1) is 24.3. The Kier molecular flexibility index (Phi) is 10.3. The summed E-state index contributed by atoms with van der Waals surface area (Å²) in [6.07, 6.45) is 1.01. The Balaban J connectivity index is 1.95. The first-order chi connectivity index (χ1) is 14.4. The lowest BCUT2D eigenvalue weighted by molar-refractivity contribution is -0.0581. The number of amides is 1. The van der Waals surface area contributed by atoms with Crippen molar-refractivity contribution in [2.24, 2.45) is 5.92 Å². The fourth-order valence-electron chi connectivity index (χ4n) is 3.54. The highest BCUT2D eigenvalue weighted by atomic mass is 16.5. The highest BCUT2D eigenvalue weighted by Gasteiger charge is 2.27. The summed E-state index contributed by atoms with van der Waals surface area (Å²) < 4.78 is 16.5. The molecule has 2 atom stereocenters. The number of ether oxygens (including phenoxy) is 3. The van der Waals surface area contributed by atoms with Gasteiger partial charge in [-0.1, -0.05) is 19.9 Å². The van der Waals surface area contributed by atoms with E-state index in [9.17, 15) is 9.90 Å². The van der Waals surface area contributed by atoms with Gasteiger partial charge in [0.15, 0.2) is 0 Å². The van der Waals surface area contributed by atoms with Crippen LogP contribution in [0.2, 0.25) is 0 Å². The number of aliphatic hydroxyl groups excluding tert-OH is 1. The monoisotopic (exact) mass is 420 g/mol. The Morgan fingerprint density at radius 3 is 2.77 bits per heavy atom. The van der Waals surface area contributed by atoms with Crippen molar-refractivity contribution in [3.05, 3.63) is 42.5 Å². The number of hydrogen-bond acceptors (Lipinski definition) is 6. The summed E-state index contributed by atoms with van der Waals surface area (Å²) >= 11 is 0. The molecule has 0 spiro atoms. The van der Waals surface area contributed by atoms with Gasteiger partial charge in [0.1, 0.15) is 5.75 Å². The van der Waals surface area contributed by atoms with Crippen LogP contribution in [0, 0.1) is 5.92 Å². The van der Waals surface area contributed by atoms with Crippen LogP contribution in [0.3, 0.4) is 0 Å². The molecule has 1 amide bonds. The summed E-state index contributed by atoms with van der Waals surface area (Å²) in [5.41, 5.74) is 0.638. The van der Waals surface area contributed by atoms with Crippen molar-refractivity contribution >= 4 is 5.91 Å². The van der Waals surface area contributed by atoms with Gasteiger partial charge in [-0.05, 0) is 30.2 Å². The lowest BCUT2D eigenvalue weighted by Gasteiger charge is -2.37. The van der Waals surface area contributed by atoms with E-state index in [0.29, 0.717) is 50.9 Å². The standard InChI is InChI=1S/C23H36N2O5/c1-5-11-29-17-20(26)14-24-10-12-30-22(15-24)16-25(13-18(2)3)23(27)19-6-8-21(28-4)9-7-19/h5-9,18,20,22,26H,1,10-17H2,2-4H3. The molecule has 1 fully saturated rings. The van der Waals surface area contributed by atoms with Crippen LogP contribution in [-0.4, -0.2) is 92.7 Å². The van der Waals surface area contributed by atoms with Crippen molar-refractivity contribution in [3.8, 4) is 5.75 Å². The predicted octanol–water partition coefficient (Wildman–Crippen LogP) is 2.06. The van der Waals surface area contributed by atoms with Gasteiger partial charge in [-0.3, -0.25) is 9.69 Å². The minimum Gasteiger partial charge on any atom is -0.497 e. The van der Waals surface area contributed by atoms with Crippen LogP contribution in [-0.2, 0) is 9.47 Å². The number of rotatable bonds is 12. The van der Waals surface area contributed by atoms with E-state index in [-0.39, 0.29) is 18.6 Å². The van der Waals surface area contributed by atoms with Gasteiger partial charge in [0.25, 0.3) is 5.91 Å². The van der Waals surface area contributed by atoms with Crippen molar-refractivity contribution in [3.63, 3.8) is 0 Å². The highest BCUT2D eigenvalue weighted by molar-refractivity contribution is 5.94. The van der Waals surface area contributed by atoms with Crippen LogP contribution >= 0.6 is 0 Å². The Hall–Kier alpha value is -1.93. The van der Waals surface area contributed by atoms with Crippen LogP contribution in [0.1, 0.15) is 24.2 Å². The molecule has 1 aromatic rings. The van der Waals surface area contributed by atoms with Crippen molar-refractivity contribution in [1.29, 1.82) is 0 Å². The molecule has 1 aromatic carbocycles. The number of benzene rings is 1. The largest absolute Gasteiger partial charge is 0.497 e. The number of β-amino-alcohol motifs (C(OH)–C–C–N with tert-alkyl or cyclic N) is 1. The van der Waals surface area contributed by atoms with E-state index < -0.39 is 6.10 Å². The van der Waals surface area contributed by atoms with Gasteiger partial charge in [-0.25, -0.2) is 0 Å². The van der Waals surface area contributed by atoms with Crippen LogP contribution in [0.15, 0.2) is 36.9 Å². The van der Waals surface area contributed by atoms with Gasteiger partial charge in [0, 0.05) is 38.3 Å². The van der Waals surface area contributed by atoms with E-state index in [0.717, 1.165) is 12.3 Å². The second-order valence-electron chi connectivity index (χ2n) is 8.06. The third-order valence-corrected chi connectivity index (χ3v) is 4.87. The van der Waals surface area contributed by atoms with E-state index in [4.69, 9.17) is 14.2 Å². The van der Waals surface area contributed by atoms with Crippen LogP contribution in [0.4, 0.5) is 0 Å². The molecule has 0 bridgehead atoms. The molecule has 0 aliphatic carbocycles. The number of hydrogen-bond donors (Lipinski definition) is 1. The highest BCUT2D eigenvalue weighted by Crippen LogP contribution is 2.16. The Morgan fingerprint density at radius 2 is 2.13 bits per heavy atom. The molecular formula is C23H36N2O5. The van der Waals surface area contributed by atoms with Crippen molar-refractivity contribution in [2.75, 3.05) is 59.7 Å². The summed E-state index contributed by atoms with van der Waals surface area (Å²) in [5.74, 6) is 1.06. The summed E-state index contributed by atoms with van der Waals surface area (Å²) in [5, 5.41) is 10.2. The van der Waals surface area contributed by atoms with Crippen molar-refractivity contribution in [2.45, 2.75) is 26.1 Å². The lowest BCUT2D eigenvalue weighted by Crippen LogP contribution is -2.51. The number of carbonyl (C=O) groups excluding carboxylic acids is 1. The van der Waals surface area contributed by atoms with E-state index in [1.165, 1.54) is 0 Å². The molecule has 1 saturated heterocycles. The Morgan fingerprint density at radius 1 is 1.40 bits per heavy atom. The zero-order valence-corrected chi connectivity index (χ0v) is 18.5. The molecular weight excluding hydrogens is 384 g/mol. The number of carbonyl (C=O) groups is 1. The molecule has 2 rings (SSSR count). The maximum absolute atomic E-state index is 13.1. The predicted molar refractivity (Wildman–Crippen MR) is 117 cm³/mol. The number of methoxy groups -OCH3 is 1. The van der Waals surface area contributed by atoms with E-state index in [1.807, 2.05) is 4.90 Å². The summed E-state index contributed by atoms with van der Waals surface area (Å²) in [6, 6.07) is 7.19. The van der Waals surface area contributed by atoms with Crippen molar-refractivity contribution in [1.82, 2.24) is 9.80 Å². The maximum Gasteiger partial charge on any atom is 0.253 e. The molecule has 7 nitrogen and oxygen atoms in total. The van der Waals surface area contributed by atoms with Gasteiger partial charge in [0.2, 0.25) is 0 Å². The van der Waals surface area contributed by atoms with Crippen LogP contribution in [0.5, 0.6) is 5.75 Å². The number of morpholine rings is 1. The van der Waals surface area contributed by atoms with Gasteiger partial charge >= 0.3 is 0 Å². The fourth-order valence-corrected chi connectivity index (χ4v) is 3.54. The minimum absolute atomic E-state index is 0.00932. The van der Waals surface area contributed by atoms with Crippen LogP contribution in [0.25, 0.3) is 0 Å². The second kappa shape index (κ2) is 12.7. The number of nitrogens with zero attached hydrogens (tertiary/aromatic N) is 2. The molecule has 1 heterocycles. The average molecular weight is 421 g/mol. The molecule has 30 heavy (non-hydrogen) atoms. The molecule has 0 saturated carbocycles. The molecule has 2 unspecified atom stereocenters. The van der Waals surface area contributed by atoms with Gasteiger partial charge in [-0.2, -0.15) is 0 Å². The van der Waals surface area contributed by atoms with E-state index in [2.05, 4.69) is 25.3 Å².